The summed E-state index contributed by atoms with van der Waals surface area (Å²) in [5, 5.41) is 0. The lowest BCUT2D eigenvalue weighted by molar-refractivity contribution is -0.153. The Hall–Kier alpha value is -3.52. The van der Waals surface area contributed by atoms with Crippen LogP contribution in [0.2, 0.25) is 0 Å². The van der Waals surface area contributed by atoms with Gasteiger partial charge in [0.15, 0.2) is 11.5 Å². The smallest absolute Gasteiger partial charge is 0.331 e. The van der Waals surface area contributed by atoms with Gasteiger partial charge in [0, 0.05) is 31.4 Å². The van der Waals surface area contributed by atoms with Crippen molar-refractivity contribution < 1.29 is 33.3 Å². The van der Waals surface area contributed by atoms with Gasteiger partial charge in [-0.1, -0.05) is 30.3 Å². The summed E-state index contributed by atoms with van der Waals surface area (Å²) in [5.41, 5.74) is 1.65. The molecule has 0 spiro atoms. The van der Waals surface area contributed by atoms with Crippen molar-refractivity contribution in [3.63, 3.8) is 0 Å². The van der Waals surface area contributed by atoms with Gasteiger partial charge in [-0.3, -0.25) is 9.69 Å². The van der Waals surface area contributed by atoms with E-state index >= 15 is 0 Å². The molecule has 4 unspecified atom stereocenters. The van der Waals surface area contributed by atoms with E-state index in [1.165, 1.54) is 13.2 Å². The van der Waals surface area contributed by atoms with Crippen LogP contribution in [0.25, 0.3) is 6.08 Å². The van der Waals surface area contributed by atoms with E-state index in [9.17, 15) is 9.59 Å². The second kappa shape index (κ2) is 11.5. The van der Waals surface area contributed by atoms with Gasteiger partial charge in [0.1, 0.15) is 12.2 Å². The fraction of sp³-hybridized carbons (Fsp3) is 0.429. The maximum absolute atomic E-state index is 12.7. The van der Waals surface area contributed by atoms with E-state index in [4.69, 9.17) is 23.7 Å². The first-order valence-electron chi connectivity index (χ1n) is 12.1. The van der Waals surface area contributed by atoms with Crippen LogP contribution in [-0.4, -0.2) is 69.5 Å². The third-order valence-corrected chi connectivity index (χ3v) is 6.93. The second-order valence-electron chi connectivity index (χ2n) is 9.14. The first-order valence-corrected chi connectivity index (χ1v) is 12.1. The lowest BCUT2D eigenvalue weighted by Crippen LogP contribution is -2.46. The molecule has 2 aromatic rings. The number of piperidine rings is 1. The third kappa shape index (κ3) is 5.82. The number of likely N-dealkylation sites (N-methyl/N-ethyl adjacent to an activating group) is 1. The van der Waals surface area contributed by atoms with Crippen molar-refractivity contribution >= 4 is 18.0 Å². The highest BCUT2D eigenvalue weighted by molar-refractivity contribution is 5.87. The fourth-order valence-electron chi connectivity index (χ4n) is 5.14. The van der Waals surface area contributed by atoms with Gasteiger partial charge in [-0.05, 0) is 36.4 Å². The van der Waals surface area contributed by atoms with Crippen molar-refractivity contribution in [1.29, 1.82) is 0 Å². The predicted octanol–water partition coefficient (Wildman–Crippen LogP) is 3.66. The summed E-state index contributed by atoms with van der Waals surface area (Å²) in [6.07, 6.45) is 4.99. The first kappa shape index (κ1) is 25.6. The summed E-state index contributed by atoms with van der Waals surface area (Å²) < 4.78 is 27.7. The van der Waals surface area contributed by atoms with E-state index in [0.29, 0.717) is 29.2 Å². The second-order valence-corrected chi connectivity index (χ2v) is 9.14. The highest BCUT2D eigenvalue weighted by Gasteiger charge is 2.47. The zero-order valence-corrected chi connectivity index (χ0v) is 21.1. The van der Waals surface area contributed by atoms with E-state index in [2.05, 4.69) is 4.90 Å². The number of methoxy groups -OCH3 is 3. The largest absolute Gasteiger partial charge is 0.493 e. The molecule has 36 heavy (non-hydrogen) atoms. The van der Waals surface area contributed by atoms with Crippen molar-refractivity contribution in [3.8, 4) is 17.2 Å². The van der Waals surface area contributed by atoms with E-state index < -0.39 is 5.97 Å². The normalized spacial score (nSPS) is 23.3. The molecule has 2 aliphatic rings. The summed E-state index contributed by atoms with van der Waals surface area (Å²) in [7, 11) is 6.66. The van der Waals surface area contributed by atoms with Crippen LogP contribution in [0.5, 0.6) is 17.2 Å². The maximum atomic E-state index is 12.7. The van der Waals surface area contributed by atoms with Crippen LogP contribution in [0.15, 0.2) is 48.5 Å². The number of rotatable bonds is 9. The van der Waals surface area contributed by atoms with Crippen molar-refractivity contribution in [1.82, 2.24) is 4.90 Å². The van der Waals surface area contributed by atoms with E-state index in [1.54, 1.807) is 32.4 Å². The summed E-state index contributed by atoms with van der Waals surface area (Å²) >= 11 is 0. The number of ether oxygens (including phenoxy) is 5. The molecular formula is C28H33NO7. The Labute approximate surface area is 211 Å². The van der Waals surface area contributed by atoms with Gasteiger partial charge in [0.2, 0.25) is 5.75 Å². The fourth-order valence-corrected chi connectivity index (χ4v) is 5.14. The summed E-state index contributed by atoms with van der Waals surface area (Å²) in [5.74, 6) is 0.845. The minimum atomic E-state index is -0.424. The molecule has 2 aromatic carbocycles. The topological polar surface area (TPSA) is 83.5 Å². The molecule has 2 saturated heterocycles. The average Bonchev–Trinajstić information content (AvgIpc) is 3.04. The SMILES string of the molecule is COc1cc(/C=C/C(=O)OC2CC3CC(OC(=O)Cc4ccccc4)CC2N3C)cc(OC)c1OC. The Morgan fingerprint density at radius 3 is 2.28 bits per heavy atom. The maximum Gasteiger partial charge on any atom is 0.331 e. The summed E-state index contributed by atoms with van der Waals surface area (Å²) in [4.78, 5) is 27.4. The van der Waals surface area contributed by atoms with E-state index in [-0.39, 0.29) is 36.7 Å². The molecular weight excluding hydrogens is 462 g/mol. The average molecular weight is 496 g/mol. The predicted molar refractivity (Wildman–Crippen MR) is 134 cm³/mol. The molecule has 2 heterocycles. The van der Waals surface area contributed by atoms with Crippen LogP contribution in [0, 0.1) is 0 Å². The number of hydrogen-bond donors (Lipinski definition) is 0. The van der Waals surface area contributed by atoms with Crippen molar-refractivity contribution in [2.45, 2.75) is 50.0 Å². The first-order chi connectivity index (χ1) is 17.4. The molecule has 0 aromatic heterocycles. The Balaban J connectivity index is 1.35. The van der Waals surface area contributed by atoms with E-state index in [1.807, 2.05) is 37.4 Å². The number of hydrogen-bond acceptors (Lipinski definition) is 8. The van der Waals surface area contributed by atoms with Crippen molar-refractivity contribution in [3.05, 3.63) is 59.7 Å². The van der Waals surface area contributed by atoms with Gasteiger partial charge < -0.3 is 23.7 Å². The van der Waals surface area contributed by atoms with Crippen LogP contribution in [0.3, 0.4) is 0 Å². The van der Waals surface area contributed by atoms with Gasteiger partial charge in [0.25, 0.3) is 0 Å². The number of carbonyl (C=O) groups excluding carboxylic acids is 2. The molecule has 4 atom stereocenters. The van der Waals surface area contributed by atoms with Crippen molar-refractivity contribution in [2.24, 2.45) is 0 Å². The third-order valence-electron chi connectivity index (χ3n) is 6.93. The number of fused-ring (bicyclic) bond motifs is 2. The zero-order valence-electron chi connectivity index (χ0n) is 21.1. The number of nitrogens with zero attached hydrogens (tertiary/aromatic N) is 1. The van der Waals surface area contributed by atoms with Crippen LogP contribution in [-0.2, 0) is 25.5 Å². The standard InChI is InChI=1S/C28H33NO7/c1-29-20-15-21(35-27(31)14-18-8-6-5-7-9-18)17-22(29)23(16-20)36-26(30)11-10-19-12-24(32-2)28(34-4)25(13-19)33-3/h5-13,20-23H,14-17H2,1-4H3/b11-10+. The molecule has 2 fully saturated rings. The molecule has 0 radical (unpaired) electrons. The quantitative estimate of drug-likeness (QED) is 0.385. The van der Waals surface area contributed by atoms with Crippen LogP contribution < -0.4 is 14.2 Å². The van der Waals surface area contributed by atoms with Gasteiger partial charge in [-0.2, -0.15) is 0 Å². The highest BCUT2D eigenvalue weighted by Crippen LogP contribution is 2.39. The van der Waals surface area contributed by atoms with Crippen LogP contribution >= 0.6 is 0 Å². The molecule has 0 amide bonds. The number of benzene rings is 2. The molecule has 192 valence electrons. The minimum absolute atomic E-state index is 0.0109. The molecule has 0 aliphatic carbocycles. The van der Waals surface area contributed by atoms with Crippen molar-refractivity contribution in [2.75, 3.05) is 28.4 Å². The van der Waals surface area contributed by atoms with Gasteiger partial charge in [0.05, 0.1) is 33.8 Å². The monoisotopic (exact) mass is 495 g/mol. The molecule has 2 aliphatic heterocycles. The summed E-state index contributed by atoms with van der Waals surface area (Å²) in [6, 6.07) is 13.3. The molecule has 0 saturated carbocycles. The van der Waals surface area contributed by atoms with Crippen LogP contribution in [0.1, 0.15) is 30.4 Å². The minimum Gasteiger partial charge on any atom is -0.493 e. The Morgan fingerprint density at radius 2 is 1.64 bits per heavy atom. The molecule has 8 heteroatoms. The lowest BCUT2D eigenvalue weighted by Gasteiger charge is -2.36. The molecule has 2 bridgehead atoms. The molecule has 0 N–H and O–H groups in total. The van der Waals surface area contributed by atoms with Crippen LogP contribution in [0.4, 0.5) is 0 Å². The number of esters is 2. The Kier molecular flexibility index (Phi) is 8.15. The van der Waals surface area contributed by atoms with Gasteiger partial charge in [-0.25, -0.2) is 4.79 Å². The Bertz CT molecular complexity index is 1080. The lowest BCUT2D eigenvalue weighted by atomic mass is 10.00. The molecule has 4 rings (SSSR count). The highest BCUT2D eigenvalue weighted by atomic mass is 16.6. The van der Waals surface area contributed by atoms with E-state index in [0.717, 1.165) is 18.4 Å². The summed E-state index contributed by atoms with van der Waals surface area (Å²) in [6.45, 7) is 0. The van der Waals surface area contributed by atoms with Gasteiger partial charge in [-0.15, -0.1) is 0 Å². The number of carbonyl (C=O) groups is 2. The zero-order chi connectivity index (χ0) is 25.7. The van der Waals surface area contributed by atoms with Gasteiger partial charge >= 0.3 is 11.9 Å². The Morgan fingerprint density at radius 1 is 0.944 bits per heavy atom. The molecule has 8 nitrogen and oxygen atoms in total.